The number of hydrogen-bond donors (Lipinski definition) is 0. The van der Waals surface area contributed by atoms with Crippen LogP contribution < -0.4 is 10.5 Å². The topological polar surface area (TPSA) is 90.2 Å². The predicted octanol–water partition coefficient (Wildman–Crippen LogP) is 1.94. The molecule has 1 fully saturated rings. The summed E-state index contributed by atoms with van der Waals surface area (Å²) >= 11 is 0. The summed E-state index contributed by atoms with van der Waals surface area (Å²) in [6.45, 7) is 5.16. The Labute approximate surface area is 174 Å². The van der Waals surface area contributed by atoms with Gasteiger partial charge in [0, 0.05) is 31.4 Å². The fourth-order valence-corrected chi connectivity index (χ4v) is 3.68. The van der Waals surface area contributed by atoms with E-state index < -0.39 is 6.10 Å². The van der Waals surface area contributed by atoms with Crippen LogP contribution in [0.4, 0.5) is 5.95 Å². The molecule has 30 heavy (non-hydrogen) atoms. The number of carbonyl (C=O) groups excluding carboxylic acids is 1. The van der Waals surface area contributed by atoms with Crippen LogP contribution in [-0.4, -0.2) is 51.1 Å². The molecule has 3 heterocycles. The normalized spacial score (nSPS) is 16.5. The average molecular weight is 405 g/mol. The quantitative estimate of drug-likeness (QED) is 0.613. The van der Waals surface area contributed by atoms with Crippen molar-refractivity contribution in [1.82, 2.24) is 19.5 Å². The molecule has 1 unspecified atom stereocenters. The lowest BCUT2D eigenvalue weighted by Crippen LogP contribution is -2.48. The molecular formula is C22H23N5O3. The molecule has 1 aliphatic rings. The molecule has 1 aliphatic heterocycles. The van der Waals surface area contributed by atoms with Crippen LogP contribution in [0.1, 0.15) is 21.5 Å². The molecule has 0 amide bonds. The Bertz CT molecular complexity index is 1120. The van der Waals surface area contributed by atoms with Gasteiger partial charge in [0.15, 0.2) is 5.78 Å². The Balaban J connectivity index is 1.64. The van der Waals surface area contributed by atoms with Gasteiger partial charge in [-0.15, -0.1) is 0 Å². The average Bonchev–Trinajstić information content (AvgIpc) is 2.75. The van der Waals surface area contributed by atoms with E-state index >= 15 is 0 Å². The number of Topliss-reactive ketones (excluding diaryl/α,β-unsaturated/α-hetero) is 1. The molecule has 0 saturated carbocycles. The van der Waals surface area contributed by atoms with Crippen molar-refractivity contribution in [3.05, 3.63) is 69.9 Å². The monoisotopic (exact) mass is 405 g/mol. The minimum Gasteiger partial charge on any atom is -0.366 e. The molecule has 1 aromatic carbocycles. The lowest BCUT2D eigenvalue weighted by Gasteiger charge is -2.33. The number of benzene rings is 1. The summed E-state index contributed by atoms with van der Waals surface area (Å²) in [7, 11) is 1.67. The molecule has 0 radical (unpaired) electrons. The Morgan fingerprint density at radius 3 is 2.60 bits per heavy atom. The van der Waals surface area contributed by atoms with Crippen molar-refractivity contribution < 1.29 is 9.53 Å². The number of morpholine rings is 1. The summed E-state index contributed by atoms with van der Waals surface area (Å²) in [5.74, 6) is 0.418. The third-order valence-corrected chi connectivity index (χ3v) is 5.10. The number of ketones is 1. The number of nitrogens with zero attached hydrogens (tertiary/aromatic N) is 5. The zero-order valence-electron chi connectivity index (χ0n) is 17.2. The van der Waals surface area contributed by atoms with Crippen molar-refractivity contribution in [2.45, 2.75) is 20.0 Å². The van der Waals surface area contributed by atoms with E-state index in [1.54, 1.807) is 19.3 Å². The van der Waals surface area contributed by atoms with Crippen molar-refractivity contribution in [2.75, 3.05) is 24.6 Å². The number of ether oxygens (including phenoxy) is 1. The van der Waals surface area contributed by atoms with Crippen LogP contribution in [-0.2, 0) is 11.8 Å². The highest BCUT2D eigenvalue weighted by molar-refractivity contribution is 6.00. The minimum atomic E-state index is -0.625. The van der Waals surface area contributed by atoms with Crippen LogP contribution in [0.2, 0.25) is 0 Å². The van der Waals surface area contributed by atoms with E-state index in [0.29, 0.717) is 42.6 Å². The van der Waals surface area contributed by atoms with Crippen LogP contribution in [0, 0.1) is 13.8 Å². The molecule has 0 N–H and O–H groups in total. The number of hydrogen-bond acceptors (Lipinski definition) is 7. The van der Waals surface area contributed by atoms with E-state index in [2.05, 4.69) is 15.0 Å². The van der Waals surface area contributed by atoms with E-state index in [1.165, 1.54) is 17.0 Å². The standard InChI is InChI=1S/C22H23N5O3/c1-14-8-15(2)10-16(9-14)21(29)19-12-27(6-7-30-19)22-25-18(11-20(28)26(22)3)17-4-5-23-13-24-17/h4-5,8-11,13,19H,6-7,12H2,1-3H3. The van der Waals surface area contributed by atoms with Crippen LogP contribution in [0.5, 0.6) is 0 Å². The highest BCUT2D eigenvalue weighted by Gasteiger charge is 2.29. The van der Waals surface area contributed by atoms with Gasteiger partial charge in [0.05, 0.1) is 24.5 Å². The van der Waals surface area contributed by atoms with E-state index in [0.717, 1.165) is 11.1 Å². The van der Waals surface area contributed by atoms with Gasteiger partial charge in [-0.25, -0.2) is 15.0 Å². The molecular weight excluding hydrogens is 382 g/mol. The third kappa shape index (κ3) is 3.99. The second kappa shape index (κ2) is 8.16. The zero-order valence-corrected chi connectivity index (χ0v) is 17.2. The van der Waals surface area contributed by atoms with Crippen molar-refractivity contribution in [3.8, 4) is 11.4 Å². The Kier molecular flexibility index (Phi) is 5.41. The van der Waals surface area contributed by atoms with E-state index in [4.69, 9.17) is 4.74 Å². The first-order chi connectivity index (χ1) is 14.4. The van der Waals surface area contributed by atoms with Crippen molar-refractivity contribution in [1.29, 1.82) is 0 Å². The molecule has 154 valence electrons. The van der Waals surface area contributed by atoms with E-state index in [1.807, 2.05) is 36.9 Å². The Morgan fingerprint density at radius 1 is 1.13 bits per heavy atom. The second-order valence-corrected chi connectivity index (χ2v) is 7.48. The van der Waals surface area contributed by atoms with Crippen LogP contribution in [0.3, 0.4) is 0 Å². The third-order valence-electron chi connectivity index (χ3n) is 5.10. The number of aromatic nitrogens is 4. The predicted molar refractivity (Wildman–Crippen MR) is 113 cm³/mol. The maximum absolute atomic E-state index is 13.1. The smallest absolute Gasteiger partial charge is 0.255 e. The molecule has 2 aromatic heterocycles. The van der Waals surface area contributed by atoms with Crippen molar-refractivity contribution >= 4 is 11.7 Å². The van der Waals surface area contributed by atoms with Gasteiger partial charge < -0.3 is 9.64 Å². The van der Waals surface area contributed by atoms with Crippen LogP contribution >= 0.6 is 0 Å². The maximum Gasteiger partial charge on any atom is 0.255 e. The first kappa shape index (κ1) is 19.9. The van der Waals surface area contributed by atoms with Crippen LogP contribution in [0.15, 0.2) is 47.7 Å². The van der Waals surface area contributed by atoms with Gasteiger partial charge in [0.25, 0.3) is 5.56 Å². The van der Waals surface area contributed by atoms with Gasteiger partial charge in [-0.3, -0.25) is 14.2 Å². The number of carbonyl (C=O) groups is 1. The van der Waals surface area contributed by atoms with E-state index in [9.17, 15) is 9.59 Å². The first-order valence-corrected chi connectivity index (χ1v) is 9.76. The summed E-state index contributed by atoms with van der Waals surface area (Å²) in [5, 5.41) is 0. The van der Waals surface area contributed by atoms with Crippen LogP contribution in [0.25, 0.3) is 11.4 Å². The molecule has 8 nitrogen and oxygen atoms in total. The number of rotatable bonds is 4. The zero-order chi connectivity index (χ0) is 21.3. The molecule has 0 aliphatic carbocycles. The Hall–Kier alpha value is -3.39. The molecule has 8 heteroatoms. The summed E-state index contributed by atoms with van der Waals surface area (Å²) in [6, 6.07) is 8.94. The minimum absolute atomic E-state index is 0.0662. The van der Waals surface area contributed by atoms with Crippen molar-refractivity contribution in [2.24, 2.45) is 7.05 Å². The van der Waals surface area contributed by atoms with Gasteiger partial charge in [0.2, 0.25) is 5.95 Å². The fourth-order valence-electron chi connectivity index (χ4n) is 3.68. The van der Waals surface area contributed by atoms with Gasteiger partial charge in [-0.1, -0.05) is 17.2 Å². The SMILES string of the molecule is Cc1cc(C)cc(C(=O)C2CN(c3nc(-c4ccncn4)cc(=O)n3C)CCO2)c1. The van der Waals surface area contributed by atoms with Crippen molar-refractivity contribution in [3.63, 3.8) is 0 Å². The molecule has 0 bridgehead atoms. The lowest BCUT2D eigenvalue weighted by atomic mass is 10.0. The number of anilines is 1. The summed E-state index contributed by atoms with van der Waals surface area (Å²) in [6.07, 6.45) is 2.40. The fraction of sp³-hybridized carbons (Fsp3) is 0.318. The largest absolute Gasteiger partial charge is 0.366 e. The number of aryl methyl sites for hydroxylation is 2. The van der Waals surface area contributed by atoms with E-state index in [-0.39, 0.29) is 11.3 Å². The maximum atomic E-state index is 13.1. The van der Waals surface area contributed by atoms with Gasteiger partial charge in [-0.2, -0.15) is 0 Å². The van der Waals surface area contributed by atoms with Gasteiger partial charge in [-0.05, 0) is 32.0 Å². The first-order valence-electron chi connectivity index (χ1n) is 9.76. The second-order valence-electron chi connectivity index (χ2n) is 7.48. The molecule has 4 rings (SSSR count). The lowest BCUT2D eigenvalue weighted by molar-refractivity contribution is 0.0336. The summed E-state index contributed by atoms with van der Waals surface area (Å²) in [4.78, 5) is 40.3. The summed E-state index contributed by atoms with van der Waals surface area (Å²) in [5.41, 5.74) is 3.55. The molecule has 1 saturated heterocycles. The molecule has 3 aromatic rings. The Morgan fingerprint density at radius 2 is 1.90 bits per heavy atom. The highest BCUT2D eigenvalue weighted by Crippen LogP contribution is 2.20. The molecule has 0 spiro atoms. The molecule has 1 atom stereocenters. The van der Waals surface area contributed by atoms with Gasteiger partial charge >= 0.3 is 0 Å². The summed E-state index contributed by atoms with van der Waals surface area (Å²) < 4.78 is 7.26. The highest BCUT2D eigenvalue weighted by atomic mass is 16.5. The van der Waals surface area contributed by atoms with Gasteiger partial charge in [0.1, 0.15) is 12.4 Å².